The molecular weight excluding hydrogens is 410 g/mol. The number of carbonyl (C=O) groups is 3. The van der Waals surface area contributed by atoms with Crippen LogP contribution >= 0.6 is 0 Å². The number of hydrogen-bond acceptors (Lipinski definition) is 5. The van der Waals surface area contributed by atoms with E-state index in [1.165, 1.54) is 4.90 Å². The molecule has 3 atom stereocenters. The van der Waals surface area contributed by atoms with Gasteiger partial charge in [0.25, 0.3) is 0 Å². The topological polar surface area (TPSA) is 108 Å². The fraction of sp³-hybridized carbons (Fsp3) is 0.625. The van der Waals surface area contributed by atoms with E-state index >= 15 is 0 Å². The molecule has 0 aliphatic rings. The van der Waals surface area contributed by atoms with Gasteiger partial charge < -0.3 is 25.4 Å². The van der Waals surface area contributed by atoms with E-state index in [-0.39, 0.29) is 11.9 Å². The minimum atomic E-state index is -1.24. The maximum Gasteiger partial charge on any atom is 0.408 e. The van der Waals surface area contributed by atoms with Gasteiger partial charge >= 0.3 is 6.09 Å². The first-order valence-electron chi connectivity index (χ1n) is 11.3. The van der Waals surface area contributed by atoms with Crippen molar-refractivity contribution in [1.82, 2.24) is 15.5 Å². The summed E-state index contributed by atoms with van der Waals surface area (Å²) in [6.45, 7) is 10.8. The third-order valence-electron chi connectivity index (χ3n) is 4.96. The molecule has 0 heterocycles. The van der Waals surface area contributed by atoms with Gasteiger partial charge in [0.2, 0.25) is 11.8 Å². The third kappa shape index (κ3) is 8.49. The van der Waals surface area contributed by atoms with Crippen molar-refractivity contribution in [1.29, 1.82) is 0 Å². The highest BCUT2D eigenvalue weighted by molar-refractivity contribution is 5.92. The maximum atomic E-state index is 13.5. The van der Waals surface area contributed by atoms with Crippen molar-refractivity contribution in [3.8, 4) is 0 Å². The number of rotatable bonds is 11. The Morgan fingerprint density at radius 2 is 1.75 bits per heavy atom. The summed E-state index contributed by atoms with van der Waals surface area (Å²) in [5.41, 5.74) is -0.0981. The molecule has 3 N–H and O–H groups in total. The Morgan fingerprint density at radius 3 is 2.25 bits per heavy atom. The molecule has 180 valence electrons. The second kappa shape index (κ2) is 13.1. The smallest absolute Gasteiger partial charge is 0.408 e. The average Bonchev–Trinajstić information content (AvgIpc) is 2.74. The van der Waals surface area contributed by atoms with Crippen LogP contribution in [-0.2, 0) is 14.3 Å². The van der Waals surface area contributed by atoms with Gasteiger partial charge in [-0.05, 0) is 46.1 Å². The van der Waals surface area contributed by atoms with Gasteiger partial charge in [-0.15, -0.1) is 0 Å². The van der Waals surface area contributed by atoms with E-state index in [9.17, 15) is 19.5 Å². The van der Waals surface area contributed by atoms with Gasteiger partial charge in [0.15, 0.2) is 0 Å². The number of nitrogens with zero attached hydrogens (tertiary/aromatic N) is 1. The molecule has 0 bridgehead atoms. The zero-order valence-electron chi connectivity index (χ0n) is 20.2. The molecule has 0 saturated carbocycles. The molecule has 8 heteroatoms. The van der Waals surface area contributed by atoms with Crippen LogP contribution in [0.5, 0.6) is 0 Å². The first kappa shape index (κ1) is 27.4. The molecule has 3 unspecified atom stereocenters. The van der Waals surface area contributed by atoms with Crippen LogP contribution in [-0.4, -0.2) is 58.8 Å². The van der Waals surface area contributed by atoms with Crippen LogP contribution in [0.25, 0.3) is 0 Å². The monoisotopic (exact) mass is 449 g/mol. The highest BCUT2D eigenvalue weighted by Gasteiger charge is 2.38. The lowest BCUT2D eigenvalue weighted by molar-refractivity contribution is -0.145. The summed E-state index contributed by atoms with van der Waals surface area (Å²) in [5.74, 6) is -0.848. The normalized spacial score (nSPS) is 14.1. The average molecular weight is 450 g/mol. The number of alkyl carbamates (subject to hydrolysis) is 1. The molecule has 0 fully saturated rings. The summed E-state index contributed by atoms with van der Waals surface area (Å²) in [7, 11) is 0. The Bertz CT molecular complexity index is 733. The van der Waals surface area contributed by atoms with Crippen molar-refractivity contribution in [3.05, 3.63) is 35.9 Å². The van der Waals surface area contributed by atoms with Gasteiger partial charge in [-0.25, -0.2) is 4.79 Å². The number of unbranched alkanes of at least 4 members (excludes halogenated alkanes) is 1. The first-order chi connectivity index (χ1) is 15.1. The molecule has 32 heavy (non-hydrogen) atoms. The second-order valence-electron chi connectivity index (χ2n) is 8.84. The van der Waals surface area contributed by atoms with Crippen LogP contribution in [0, 0.1) is 0 Å². The van der Waals surface area contributed by atoms with E-state index < -0.39 is 36.3 Å². The molecular formula is C24H39N3O5. The number of amides is 3. The van der Waals surface area contributed by atoms with E-state index in [0.29, 0.717) is 18.5 Å². The van der Waals surface area contributed by atoms with Gasteiger partial charge in [0, 0.05) is 12.6 Å². The lowest BCUT2D eigenvalue weighted by atomic mass is 10.00. The zero-order chi connectivity index (χ0) is 24.3. The van der Waals surface area contributed by atoms with Crippen molar-refractivity contribution < 1.29 is 24.2 Å². The summed E-state index contributed by atoms with van der Waals surface area (Å²) in [6.07, 6.45) is 1.53. The number of aliphatic hydroxyl groups excluding tert-OH is 1. The molecule has 3 amide bonds. The summed E-state index contributed by atoms with van der Waals surface area (Å²) < 4.78 is 5.23. The lowest BCUT2D eigenvalue weighted by Gasteiger charge is -2.38. The summed E-state index contributed by atoms with van der Waals surface area (Å²) in [5, 5.41) is 15.3. The summed E-state index contributed by atoms with van der Waals surface area (Å²) in [4.78, 5) is 40.5. The van der Waals surface area contributed by atoms with Crippen molar-refractivity contribution in [2.24, 2.45) is 0 Å². The highest BCUT2D eigenvalue weighted by atomic mass is 16.6. The van der Waals surface area contributed by atoms with E-state index in [1.54, 1.807) is 32.9 Å². The number of hydrogen-bond donors (Lipinski definition) is 3. The van der Waals surface area contributed by atoms with Crippen LogP contribution in [0.4, 0.5) is 4.79 Å². The molecule has 0 saturated heterocycles. The number of aliphatic hydroxyl groups is 1. The molecule has 1 rings (SSSR count). The maximum absolute atomic E-state index is 13.5. The predicted octanol–water partition coefficient (Wildman–Crippen LogP) is 3.16. The van der Waals surface area contributed by atoms with Gasteiger partial charge in [-0.3, -0.25) is 9.59 Å². The standard InChI is InChI=1S/C24H39N3O5/c1-7-9-15-25-21(29)20(18-13-11-10-12-14-18)27(17(3)8-2)22(30)19(16-28)26-23(31)32-24(4,5)6/h10-14,17,19-20,28H,7-9,15-16H2,1-6H3,(H,25,29)(H,26,31). The quantitative estimate of drug-likeness (QED) is 0.450. The molecule has 0 radical (unpaired) electrons. The number of carbonyl (C=O) groups excluding carboxylic acids is 3. The molecule has 0 aromatic heterocycles. The number of ether oxygens (including phenoxy) is 1. The number of nitrogens with one attached hydrogen (secondary N) is 2. The molecule has 1 aromatic rings. The molecule has 8 nitrogen and oxygen atoms in total. The Balaban J connectivity index is 3.29. The van der Waals surface area contributed by atoms with E-state index in [2.05, 4.69) is 10.6 Å². The van der Waals surface area contributed by atoms with E-state index in [4.69, 9.17) is 4.74 Å². The van der Waals surface area contributed by atoms with Gasteiger partial charge in [0.05, 0.1) is 6.61 Å². The van der Waals surface area contributed by atoms with Crippen molar-refractivity contribution in [2.75, 3.05) is 13.2 Å². The summed E-state index contributed by atoms with van der Waals surface area (Å²) >= 11 is 0. The van der Waals surface area contributed by atoms with Crippen molar-refractivity contribution in [2.45, 2.75) is 84.5 Å². The number of benzene rings is 1. The van der Waals surface area contributed by atoms with Crippen molar-refractivity contribution in [3.63, 3.8) is 0 Å². The molecule has 0 aliphatic carbocycles. The molecule has 0 spiro atoms. The van der Waals surface area contributed by atoms with Crippen LogP contribution in [0.15, 0.2) is 30.3 Å². The highest BCUT2D eigenvalue weighted by Crippen LogP contribution is 2.26. The van der Waals surface area contributed by atoms with Gasteiger partial charge in [-0.2, -0.15) is 0 Å². The van der Waals surface area contributed by atoms with Crippen LogP contribution < -0.4 is 10.6 Å². The Morgan fingerprint density at radius 1 is 1.12 bits per heavy atom. The largest absolute Gasteiger partial charge is 0.444 e. The van der Waals surface area contributed by atoms with Crippen LogP contribution in [0.3, 0.4) is 0 Å². The SMILES string of the molecule is CCCCNC(=O)C(c1ccccc1)N(C(=O)C(CO)NC(=O)OC(C)(C)C)C(C)CC. The zero-order valence-corrected chi connectivity index (χ0v) is 20.2. The second-order valence-corrected chi connectivity index (χ2v) is 8.84. The van der Waals surface area contributed by atoms with Gasteiger partial charge in [0.1, 0.15) is 17.7 Å². The van der Waals surface area contributed by atoms with E-state index in [1.807, 2.05) is 39.0 Å². The fourth-order valence-electron chi connectivity index (χ4n) is 3.17. The fourth-order valence-corrected chi connectivity index (χ4v) is 3.17. The molecule has 0 aliphatic heterocycles. The Labute approximate surface area is 191 Å². The van der Waals surface area contributed by atoms with Gasteiger partial charge in [-0.1, -0.05) is 50.6 Å². The van der Waals surface area contributed by atoms with Crippen LogP contribution in [0.2, 0.25) is 0 Å². The minimum Gasteiger partial charge on any atom is -0.444 e. The summed E-state index contributed by atoms with van der Waals surface area (Å²) in [6, 6.07) is 6.58. The lowest BCUT2D eigenvalue weighted by Crippen LogP contribution is -2.56. The Kier molecular flexibility index (Phi) is 11.2. The minimum absolute atomic E-state index is 0.299. The third-order valence-corrected chi connectivity index (χ3v) is 4.96. The Hall–Kier alpha value is -2.61. The predicted molar refractivity (Wildman–Crippen MR) is 124 cm³/mol. The van der Waals surface area contributed by atoms with Crippen molar-refractivity contribution >= 4 is 17.9 Å². The van der Waals surface area contributed by atoms with E-state index in [0.717, 1.165) is 12.8 Å². The molecule has 1 aromatic carbocycles. The first-order valence-corrected chi connectivity index (χ1v) is 11.3. The van der Waals surface area contributed by atoms with Crippen LogP contribution in [0.1, 0.15) is 72.4 Å².